The molecule has 0 bridgehead atoms. The fourth-order valence-electron chi connectivity index (χ4n) is 2.07. The van der Waals surface area contributed by atoms with Gasteiger partial charge in [0.2, 0.25) is 0 Å². The van der Waals surface area contributed by atoms with E-state index in [9.17, 15) is 4.79 Å². The van der Waals surface area contributed by atoms with Crippen LogP contribution in [0.2, 0.25) is 0 Å². The molecule has 5 heteroatoms. The molecular weight excluding hydrogens is 228 g/mol. The quantitative estimate of drug-likeness (QED) is 0.879. The maximum atomic E-state index is 11.7. The molecule has 1 aliphatic rings. The molecule has 0 atom stereocenters. The molecule has 1 aliphatic heterocycles. The molecule has 1 aromatic rings. The average molecular weight is 248 g/mol. The van der Waals surface area contributed by atoms with Gasteiger partial charge in [0.05, 0.1) is 0 Å². The van der Waals surface area contributed by atoms with Crippen molar-refractivity contribution in [3.8, 4) is 0 Å². The van der Waals surface area contributed by atoms with Gasteiger partial charge in [0.15, 0.2) is 11.5 Å². The van der Waals surface area contributed by atoms with E-state index in [-0.39, 0.29) is 5.91 Å². The Labute approximate surface area is 108 Å². The molecule has 98 valence electrons. The van der Waals surface area contributed by atoms with E-state index in [1.807, 2.05) is 13.0 Å². The Bertz CT molecular complexity index is 384. The van der Waals surface area contributed by atoms with Crippen LogP contribution in [-0.2, 0) is 0 Å². The van der Waals surface area contributed by atoms with Gasteiger partial charge in [-0.1, -0.05) is 6.92 Å². The van der Waals surface area contributed by atoms with Crippen LogP contribution in [0.5, 0.6) is 0 Å². The van der Waals surface area contributed by atoms with Crippen molar-refractivity contribution >= 4 is 11.7 Å². The minimum Gasteiger partial charge on any atom is -0.355 e. The molecule has 0 aliphatic carbocycles. The average Bonchev–Trinajstić information content (AvgIpc) is 2.46. The molecule has 2 heterocycles. The first kappa shape index (κ1) is 12.8. The van der Waals surface area contributed by atoms with E-state index in [2.05, 4.69) is 20.4 Å². The Morgan fingerprint density at radius 2 is 2.06 bits per heavy atom. The summed E-state index contributed by atoms with van der Waals surface area (Å²) in [5.41, 5.74) is 0.393. The first-order chi connectivity index (χ1) is 8.81. The van der Waals surface area contributed by atoms with E-state index in [1.54, 1.807) is 6.07 Å². The Balaban J connectivity index is 1.98. The molecule has 1 amide bonds. The number of hydrogen-bond donors (Lipinski definition) is 1. The van der Waals surface area contributed by atoms with Gasteiger partial charge in [0, 0.05) is 19.6 Å². The fourth-order valence-corrected chi connectivity index (χ4v) is 2.07. The summed E-state index contributed by atoms with van der Waals surface area (Å²) in [5.74, 6) is 0.733. The van der Waals surface area contributed by atoms with E-state index < -0.39 is 0 Å². The highest BCUT2D eigenvalue weighted by molar-refractivity contribution is 5.92. The molecule has 5 nitrogen and oxygen atoms in total. The van der Waals surface area contributed by atoms with Crippen LogP contribution in [-0.4, -0.2) is 35.7 Å². The lowest BCUT2D eigenvalue weighted by atomic mass is 10.1. The first-order valence-corrected chi connectivity index (χ1v) is 6.68. The Kier molecular flexibility index (Phi) is 4.50. The summed E-state index contributed by atoms with van der Waals surface area (Å²) in [6.45, 7) is 4.77. The van der Waals surface area contributed by atoms with Crippen molar-refractivity contribution in [1.29, 1.82) is 0 Å². The number of rotatable bonds is 4. The predicted octanol–water partition coefficient (Wildman–Crippen LogP) is 1.61. The highest BCUT2D eigenvalue weighted by Gasteiger charge is 2.13. The number of nitrogens with zero attached hydrogens (tertiary/aromatic N) is 3. The van der Waals surface area contributed by atoms with E-state index in [0.29, 0.717) is 12.2 Å². The van der Waals surface area contributed by atoms with Crippen LogP contribution >= 0.6 is 0 Å². The molecule has 0 saturated carbocycles. The highest BCUT2D eigenvalue weighted by atomic mass is 16.1. The third-order valence-electron chi connectivity index (χ3n) is 3.10. The molecule has 2 rings (SSSR count). The molecule has 0 spiro atoms. The molecule has 1 fully saturated rings. The number of hydrogen-bond acceptors (Lipinski definition) is 4. The van der Waals surface area contributed by atoms with Crippen molar-refractivity contribution < 1.29 is 4.79 Å². The number of carbonyl (C=O) groups is 1. The molecule has 0 unspecified atom stereocenters. The van der Waals surface area contributed by atoms with Gasteiger partial charge >= 0.3 is 0 Å². The second-order valence-electron chi connectivity index (χ2n) is 4.58. The van der Waals surface area contributed by atoms with Crippen LogP contribution in [0.1, 0.15) is 43.1 Å². The maximum absolute atomic E-state index is 11.7. The van der Waals surface area contributed by atoms with Gasteiger partial charge in [-0.25, -0.2) is 0 Å². The molecule has 1 saturated heterocycles. The largest absolute Gasteiger partial charge is 0.355 e. The summed E-state index contributed by atoms with van der Waals surface area (Å²) < 4.78 is 0. The van der Waals surface area contributed by atoms with Crippen LogP contribution < -0.4 is 10.2 Å². The standard InChI is InChI=1S/C13H20N4O/c1-2-8-14-13(18)11-6-7-12(16-15-11)17-9-4-3-5-10-17/h6-7H,2-5,8-10H2,1H3,(H,14,18). The second-order valence-corrected chi connectivity index (χ2v) is 4.58. The van der Waals surface area contributed by atoms with Gasteiger partial charge in [0.1, 0.15) is 0 Å². The number of carbonyl (C=O) groups excluding carboxylic acids is 1. The summed E-state index contributed by atoms with van der Waals surface area (Å²) in [7, 11) is 0. The SMILES string of the molecule is CCCNC(=O)c1ccc(N2CCCCC2)nn1. The zero-order chi connectivity index (χ0) is 12.8. The molecule has 1 aromatic heterocycles. The molecule has 18 heavy (non-hydrogen) atoms. The minimum atomic E-state index is -0.144. The summed E-state index contributed by atoms with van der Waals surface area (Å²) in [6, 6.07) is 3.64. The fraction of sp³-hybridized carbons (Fsp3) is 0.615. The van der Waals surface area contributed by atoms with Crippen molar-refractivity contribution in [2.75, 3.05) is 24.5 Å². The second kappa shape index (κ2) is 6.33. The van der Waals surface area contributed by atoms with Gasteiger partial charge in [-0.15, -0.1) is 10.2 Å². The van der Waals surface area contributed by atoms with Crippen LogP contribution in [0.25, 0.3) is 0 Å². The smallest absolute Gasteiger partial charge is 0.271 e. The van der Waals surface area contributed by atoms with Crippen LogP contribution in [0.4, 0.5) is 5.82 Å². The third kappa shape index (κ3) is 3.18. The molecular formula is C13H20N4O. The Hall–Kier alpha value is -1.65. The van der Waals surface area contributed by atoms with Gasteiger partial charge in [-0.2, -0.15) is 0 Å². The topological polar surface area (TPSA) is 58.1 Å². The molecule has 1 N–H and O–H groups in total. The van der Waals surface area contributed by atoms with E-state index in [1.165, 1.54) is 19.3 Å². The van der Waals surface area contributed by atoms with E-state index in [0.717, 1.165) is 25.3 Å². The molecule has 0 radical (unpaired) electrons. The summed E-state index contributed by atoms with van der Waals surface area (Å²) in [4.78, 5) is 13.9. The highest BCUT2D eigenvalue weighted by Crippen LogP contribution is 2.16. The van der Waals surface area contributed by atoms with Crippen LogP contribution in [0.15, 0.2) is 12.1 Å². The van der Waals surface area contributed by atoms with Crippen LogP contribution in [0, 0.1) is 0 Å². The number of amides is 1. The lowest BCUT2D eigenvalue weighted by Gasteiger charge is -2.27. The Morgan fingerprint density at radius 3 is 2.67 bits per heavy atom. The molecule has 0 aromatic carbocycles. The van der Waals surface area contributed by atoms with Gasteiger partial charge < -0.3 is 10.2 Å². The monoisotopic (exact) mass is 248 g/mol. The zero-order valence-electron chi connectivity index (χ0n) is 10.9. The Morgan fingerprint density at radius 1 is 1.28 bits per heavy atom. The number of anilines is 1. The first-order valence-electron chi connectivity index (χ1n) is 6.68. The number of aromatic nitrogens is 2. The lowest BCUT2D eigenvalue weighted by molar-refractivity contribution is 0.0947. The lowest BCUT2D eigenvalue weighted by Crippen LogP contribution is -2.31. The summed E-state index contributed by atoms with van der Waals surface area (Å²) in [6.07, 6.45) is 4.63. The van der Waals surface area contributed by atoms with Crippen LogP contribution in [0.3, 0.4) is 0 Å². The zero-order valence-corrected chi connectivity index (χ0v) is 10.9. The van der Waals surface area contributed by atoms with Crippen molar-refractivity contribution in [3.63, 3.8) is 0 Å². The predicted molar refractivity (Wildman–Crippen MR) is 70.7 cm³/mol. The van der Waals surface area contributed by atoms with Gasteiger partial charge in [0.25, 0.3) is 5.91 Å². The van der Waals surface area contributed by atoms with Gasteiger partial charge in [-0.3, -0.25) is 4.79 Å². The third-order valence-corrected chi connectivity index (χ3v) is 3.10. The van der Waals surface area contributed by atoms with E-state index >= 15 is 0 Å². The van der Waals surface area contributed by atoms with Gasteiger partial charge in [-0.05, 0) is 37.8 Å². The van der Waals surface area contributed by atoms with Crippen molar-refractivity contribution in [2.45, 2.75) is 32.6 Å². The minimum absolute atomic E-state index is 0.144. The number of nitrogens with one attached hydrogen (secondary N) is 1. The maximum Gasteiger partial charge on any atom is 0.271 e. The van der Waals surface area contributed by atoms with Crippen molar-refractivity contribution in [1.82, 2.24) is 15.5 Å². The van der Waals surface area contributed by atoms with Crippen molar-refractivity contribution in [2.24, 2.45) is 0 Å². The normalized spacial score (nSPS) is 15.5. The summed E-state index contributed by atoms with van der Waals surface area (Å²) in [5, 5.41) is 10.9. The van der Waals surface area contributed by atoms with Crippen molar-refractivity contribution in [3.05, 3.63) is 17.8 Å². The van der Waals surface area contributed by atoms with E-state index in [4.69, 9.17) is 0 Å². The summed E-state index contributed by atoms with van der Waals surface area (Å²) >= 11 is 0. The number of piperidine rings is 1.